The molecule has 29 heavy (non-hydrogen) atoms. The van der Waals surface area contributed by atoms with Crippen molar-refractivity contribution in [2.24, 2.45) is 0 Å². The van der Waals surface area contributed by atoms with Crippen LogP contribution in [0.2, 0.25) is 10.0 Å². The maximum atomic E-state index is 13.9. The van der Waals surface area contributed by atoms with Gasteiger partial charge >= 0.3 is 0 Å². The molecule has 2 heterocycles. The van der Waals surface area contributed by atoms with Gasteiger partial charge in [-0.05, 0) is 60.8 Å². The van der Waals surface area contributed by atoms with Crippen molar-refractivity contribution in [2.45, 2.75) is 26.0 Å². The molecule has 2 aromatic carbocycles. The number of hydrogen-bond donors (Lipinski definition) is 2. The third-order valence-corrected chi connectivity index (χ3v) is 5.81. The second-order valence-electron chi connectivity index (χ2n) is 7.03. The third-order valence-electron chi connectivity index (χ3n) is 5.10. The molecule has 3 N–H and O–H groups in total. The zero-order valence-electron chi connectivity index (χ0n) is 15.8. The Kier molecular flexibility index (Phi) is 5.63. The quantitative estimate of drug-likeness (QED) is 0.530. The largest absolute Gasteiger partial charge is 0.482 e. The first-order valence-corrected chi connectivity index (χ1v) is 10.1. The van der Waals surface area contributed by atoms with E-state index in [4.69, 9.17) is 33.7 Å². The molecular formula is C22H20Cl2FN3O. The van der Waals surface area contributed by atoms with Crippen LogP contribution in [0.25, 0.3) is 11.1 Å². The van der Waals surface area contributed by atoms with Crippen LogP contribution in [0, 0.1) is 5.82 Å². The maximum absolute atomic E-state index is 13.9. The van der Waals surface area contributed by atoms with Gasteiger partial charge in [-0.3, -0.25) is 0 Å². The Morgan fingerprint density at radius 1 is 1.14 bits per heavy atom. The summed E-state index contributed by atoms with van der Waals surface area (Å²) in [6.07, 6.45) is 2.13. The Bertz CT molecular complexity index is 1070. The first kappa shape index (κ1) is 20.0. The van der Waals surface area contributed by atoms with Gasteiger partial charge in [-0.25, -0.2) is 9.37 Å². The van der Waals surface area contributed by atoms with Gasteiger partial charge in [-0.15, -0.1) is 0 Å². The molecule has 1 unspecified atom stereocenters. The van der Waals surface area contributed by atoms with Crippen LogP contribution in [-0.2, 0) is 13.0 Å². The highest BCUT2D eigenvalue weighted by molar-refractivity contribution is 6.36. The topological polar surface area (TPSA) is 60.2 Å². The first-order valence-electron chi connectivity index (χ1n) is 9.32. The minimum Gasteiger partial charge on any atom is -0.482 e. The molecule has 7 heteroatoms. The van der Waals surface area contributed by atoms with Gasteiger partial charge in [-0.1, -0.05) is 35.3 Å². The van der Waals surface area contributed by atoms with Gasteiger partial charge in [0.15, 0.2) is 11.6 Å². The fourth-order valence-electron chi connectivity index (χ4n) is 3.53. The van der Waals surface area contributed by atoms with Crippen LogP contribution in [0.1, 0.15) is 29.7 Å². The molecule has 1 aliphatic heterocycles. The average molecular weight is 432 g/mol. The zero-order chi connectivity index (χ0) is 20.5. The zero-order valence-corrected chi connectivity index (χ0v) is 17.3. The minimum atomic E-state index is -0.613. The van der Waals surface area contributed by atoms with Crippen LogP contribution in [0.15, 0.2) is 42.6 Å². The Morgan fingerprint density at radius 3 is 2.79 bits per heavy atom. The molecule has 1 atom stereocenters. The smallest absolute Gasteiger partial charge is 0.166 e. The lowest BCUT2D eigenvalue weighted by atomic mass is 9.96. The van der Waals surface area contributed by atoms with E-state index in [1.165, 1.54) is 23.3 Å². The van der Waals surface area contributed by atoms with Crippen molar-refractivity contribution < 1.29 is 9.13 Å². The molecule has 1 aromatic heterocycles. The van der Waals surface area contributed by atoms with Crippen molar-refractivity contribution in [2.75, 3.05) is 12.3 Å². The molecule has 0 fully saturated rings. The maximum Gasteiger partial charge on any atom is 0.166 e. The molecule has 0 amide bonds. The molecule has 4 rings (SSSR count). The van der Waals surface area contributed by atoms with Crippen molar-refractivity contribution in [1.29, 1.82) is 0 Å². The predicted octanol–water partition coefficient (Wildman–Crippen LogP) is 5.56. The van der Waals surface area contributed by atoms with Crippen molar-refractivity contribution in [1.82, 2.24) is 10.3 Å². The summed E-state index contributed by atoms with van der Waals surface area (Å²) in [7, 11) is 0. The van der Waals surface area contributed by atoms with Gasteiger partial charge in [0.05, 0.1) is 5.02 Å². The van der Waals surface area contributed by atoms with Crippen molar-refractivity contribution in [3.63, 3.8) is 0 Å². The Balaban J connectivity index is 1.65. The molecule has 0 radical (unpaired) electrons. The summed E-state index contributed by atoms with van der Waals surface area (Å²) in [6, 6.07) is 10.9. The lowest BCUT2D eigenvalue weighted by Crippen LogP contribution is -2.23. The number of nitrogen functional groups attached to an aromatic ring is 1. The van der Waals surface area contributed by atoms with E-state index in [-0.39, 0.29) is 10.8 Å². The molecule has 0 aliphatic carbocycles. The number of benzene rings is 2. The molecule has 1 aliphatic rings. The summed E-state index contributed by atoms with van der Waals surface area (Å²) in [5, 5.41) is 3.65. The van der Waals surface area contributed by atoms with Crippen molar-refractivity contribution in [3.8, 4) is 16.9 Å². The predicted molar refractivity (Wildman–Crippen MR) is 115 cm³/mol. The van der Waals surface area contributed by atoms with E-state index in [0.29, 0.717) is 16.3 Å². The molecule has 0 bridgehead atoms. The summed E-state index contributed by atoms with van der Waals surface area (Å²) in [5.41, 5.74) is 10.9. The second kappa shape index (κ2) is 8.19. The molecular weight excluding hydrogens is 412 g/mol. The van der Waals surface area contributed by atoms with E-state index in [9.17, 15) is 4.39 Å². The molecule has 0 spiro atoms. The van der Waals surface area contributed by atoms with E-state index in [1.807, 2.05) is 6.07 Å². The summed E-state index contributed by atoms with van der Waals surface area (Å²) in [4.78, 5) is 4.27. The Hall–Kier alpha value is -2.34. The van der Waals surface area contributed by atoms with Crippen LogP contribution in [0.5, 0.6) is 5.75 Å². The number of hydrogen-bond acceptors (Lipinski definition) is 4. The van der Waals surface area contributed by atoms with E-state index < -0.39 is 11.9 Å². The summed E-state index contributed by atoms with van der Waals surface area (Å²) >= 11 is 12.3. The molecule has 0 saturated carbocycles. The number of nitrogens with two attached hydrogens (primary N) is 1. The molecule has 4 nitrogen and oxygen atoms in total. The Morgan fingerprint density at radius 2 is 1.97 bits per heavy atom. The van der Waals surface area contributed by atoms with Gasteiger partial charge in [0.2, 0.25) is 0 Å². The number of halogens is 3. The molecule has 3 aromatic rings. The monoisotopic (exact) mass is 431 g/mol. The molecule has 0 saturated heterocycles. The van der Waals surface area contributed by atoms with Gasteiger partial charge in [-0.2, -0.15) is 0 Å². The Labute approximate surface area is 178 Å². The number of aromatic nitrogens is 1. The highest BCUT2D eigenvalue weighted by Crippen LogP contribution is 2.37. The summed E-state index contributed by atoms with van der Waals surface area (Å²) < 4.78 is 19.9. The first-order chi connectivity index (χ1) is 13.9. The highest BCUT2D eigenvalue weighted by atomic mass is 35.5. The van der Waals surface area contributed by atoms with E-state index in [0.717, 1.165) is 30.6 Å². The number of ether oxygens (including phenoxy) is 1. The second-order valence-corrected chi connectivity index (χ2v) is 7.82. The average Bonchev–Trinajstić information content (AvgIpc) is 2.72. The van der Waals surface area contributed by atoms with Crippen LogP contribution >= 0.6 is 23.2 Å². The lowest BCUT2D eigenvalue weighted by Gasteiger charge is -2.20. The number of nitrogens with zero attached hydrogens (tertiary/aromatic N) is 1. The minimum absolute atomic E-state index is 0.0603. The summed E-state index contributed by atoms with van der Waals surface area (Å²) in [5.74, 6) is 0.0788. The summed E-state index contributed by atoms with van der Waals surface area (Å²) in [6.45, 7) is 3.59. The van der Waals surface area contributed by atoms with Gasteiger partial charge in [0, 0.05) is 28.9 Å². The van der Waals surface area contributed by atoms with Crippen LogP contribution in [0.3, 0.4) is 0 Å². The van der Waals surface area contributed by atoms with Crippen LogP contribution in [-0.4, -0.2) is 11.5 Å². The van der Waals surface area contributed by atoms with Crippen molar-refractivity contribution in [3.05, 3.63) is 75.1 Å². The fourth-order valence-corrected chi connectivity index (χ4v) is 4.21. The van der Waals surface area contributed by atoms with Gasteiger partial charge in [0.1, 0.15) is 11.9 Å². The van der Waals surface area contributed by atoms with Crippen LogP contribution in [0.4, 0.5) is 10.2 Å². The number of fused-ring (bicyclic) bond motifs is 1. The standard InChI is InChI=1S/C22H20Cl2FN3O/c1-12(20-17(23)4-5-18(25)21(20)24)29-19-9-16(11-28-22(19)26)14-3-2-13-6-7-27-10-15(13)8-14/h2-5,8-9,11-12,27H,6-7,10H2,1H3,(H2,26,28). The molecule has 150 valence electrons. The van der Waals surface area contributed by atoms with Gasteiger partial charge < -0.3 is 15.8 Å². The normalized spacial score (nSPS) is 14.3. The SMILES string of the molecule is CC(Oc1cc(-c2ccc3c(c2)CNCC3)cnc1N)c1c(Cl)ccc(F)c1Cl. The van der Waals surface area contributed by atoms with Gasteiger partial charge in [0.25, 0.3) is 0 Å². The van der Waals surface area contributed by atoms with E-state index in [1.54, 1.807) is 13.1 Å². The highest BCUT2D eigenvalue weighted by Gasteiger charge is 2.20. The lowest BCUT2D eigenvalue weighted by molar-refractivity contribution is 0.227. The number of nitrogens with one attached hydrogen (secondary N) is 1. The van der Waals surface area contributed by atoms with E-state index >= 15 is 0 Å². The number of rotatable bonds is 4. The third kappa shape index (κ3) is 4.04. The number of pyridine rings is 1. The van der Waals surface area contributed by atoms with Crippen LogP contribution < -0.4 is 15.8 Å². The number of anilines is 1. The van der Waals surface area contributed by atoms with E-state index in [2.05, 4.69) is 28.5 Å². The van der Waals surface area contributed by atoms with Crippen molar-refractivity contribution >= 4 is 29.0 Å². The fraction of sp³-hybridized carbons (Fsp3) is 0.227.